The number of rotatable bonds is 3. The molecule has 0 bridgehead atoms. The second-order valence-electron chi connectivity index (χ2n) is 4.59. The zero-order valence-corrected chi connectivity index (χ0v) is 11.8. The Hall–Kier alpha value is -2.32. The zero-order valence-electron chi connectivity index (χ0n) is 11.0. The minimum Gasteiger partial charge on any atom is -0.399 e. The molecule has 0 aliphatic rings. The molecule has 2 aromatic rings. The van der Waals surface area contributed by atoms with E-state index in [1.807, 2.05) is 6.07 Å². The summed E-state index contributed by atoms with van der Waals surface area (Å²) in [4.78, 5) is 0.288. The Bertz CT molecular complexity index is 773. The van der Waals surface area contributed by atoms with Crippen LogP contribution in [0, 0.1) is 18.3 Å². The Morgan fingerprint density at radius 3 is 2.35 bits per heavy atom. The Kier molecular flexibility index (Phi) is 3.77. The highest BCUT2D eigenvalue weighted by Gasteiger charge is 2.17. The molecule has 0 fully saturated rings. The van der Waals surface area contributed by atoms with Gasteiger partial charge in [-0.2, -0.15) is 5.26 Å². The lowest BCUT2D eigenvalue weighted by Crippen LogP contribution is -2.07. The Labute approximate surface area is 118 Å². The fourth-order valence-corrected chi connectivity index (χ4v) is 3.61. The molecule has 4 nitrogen and oxygen atoms in total. The molecule has 0 radical (unpaired) electrons. The van der Waals surface area contributed by atoms with Gasteiger partial charge >= 0.3 is 0 Å². The van der Waals surface area contributed by atoms with Gasteiger partial charge in [0.15, 0.2) is 9.84 Å². The lowest BCUT2D eigenvalue weighted by Gasteiger charge is -2.08. The first kappa shape index (κ1) is 14.1. The number of hydrogen-bond donors (Lipinski definition) is 1. The molecule has 2 rings (SSSR count). The number of hydrogen-bond acceptors (Lipinski definition) is 4. The largest absolute Gasteiger partial charge is 0.399 e. The molecule has 102 valence electrons. The maximum Gasteiger partial charge on any atom is 0.182 e. The van der Waals surface area contributed by atoms with Crippen molar-refractivity contribution in [1.82, 2.24) is 0 Å². The molecule has 20 heavy (non-hydrogen) atoms. The van der Waals surface area contributed by atoms with Crippen LogP contribution in [-0.2, 0) is 15.6 Å². The number of nitrogen functional groups attached to an aromatic ring is 1. The zero-order chi connectivity index (χ0) is 14.8. The van der Waals surface area contributed by atoms with E-state index in [4.69, 9.17) is 11.0 Å². The standard InChI is InChI=1S/C15H14N2O2S/c1-11-8-14(17)6-7-15(11)20(18,19)10-13-4-2-12(9-16)3-5-13/h2-8H,10,17H2,1H3. The lowest BCUT2D eigenvalue weighted by atomic mass is 10.2. The van der Waals surface area contributed by atoms with E-state index in [0.717, 1.165) is 0 Å². The summed E-state index contributed by atoms with van der Waals surface area (Å²) >= 11 is 0. The van der Waals surface area contributed by atoms with Gasteiger partial charge in [0.1, 0.15) is 0 Å². The van der Waals surface area contributed by atoms with E-state index >= 15 is 0 Å². The van der Waals surface area contributed by atoms with E-state index < -0.39 is 9.84 Å². The predicted molar refractivity (Wildman–Crippen MR) is 77.6 cm³/mol. The number of nitrogens with zero attached hydrogens (tertiary/aromatic N) is 1. The van der Waals surface area contributed by atoms with Gasteiger partial charge in [-0.1, -0.05) is 12.1 Å². The molecule has 0 aromatic heterocycles. The van der Waals surface area contributed by atoms with Crippen LogP contribution in [0.15, 0.2) is 47.4 Å². The van der Waals surface area contributed by atoms with Crippen molar-refractivity contribution in [3.8, 4) is 6.07 Å². The molecule has 0 saturated carbocycles. The summed E-state index contributed by atoms with van der Waals surface area (Å²) in [6.45, 7) is 1.72. The summed E-state index contributed by atoms with van der Waals surface area (Å²) < 4.78 is 24.8. The van der Waals surface area contributed by atoms with Crippen molar-refractivity contribution in [3.05, 3.63) is 59.2 Å². The Morgan fingerprint density at radius 2 is 1.80 bits per heavy atom. The molecule has 0 aliphatic heterocycles. The van der Waals surface area contributed by atoms with Gasteiger partial charge in [0.2, 0.25) is 0 Å². The molecule has 0 heterocycles. The SMILES string of the molecule is Cc1cc(N)ccc1S(=O)(=O)Cc1ccc(C#N)cc1. The van der Waals surface area contributed by atoms with Gasteiger partial charge in [-0.05, 0) is 48.4 Å². The summed E-state index contributed by atoms with van der Waals surface area (Å²) in [5.74, 6) is -0.0938. The quantitative estimate of drug-likeness (QED) is 0.878. The van der Waals surface area contributed by atoms with E-state index in [9.17, 15) is 8.42 Å². The second-order valence-corrected chi connectivity index (χ2v) is 6.55. The highest BCUT2D eigenvalue weighted by Crippen LogP contribution is 2.22. The third kappa shape index (κ3) is 2.98. The van der Waals surface area contributed by atoms with Crippen LogP contribution < -0.4 is 5.73 Å². The molecule has 0 saturated heterocycles. The maximum absolute atomic E-state index is 12.4. The lowest BCUT2D eigenvalue weighted by molar-refractivity contribution is 0.594. The minimum absolute atomic E-state index is 0.0938. The minimum atomic E-state index is -3.42. The van der Waals surface area contributed by atoms with E-state index in [-0.39, 0.29) is 10.6 Å². The second kappa shape index (κ2) is 5.35. The van der Waals surface area contributed by atoms with E-state index in [0.29, 0.717) is 22.4 Å². The van der Waals surface area contributed by atoms with Gasteiger partial charge in [-0.25, -0.2) is 8.42 Å². The van der Waals surface area contributed by atoms with E-state index in [1.165, 1.54) is 6.07 Å². The van der Waals surface area contributed by atoms with Crippen LogP contribution in [0.25, 0.3) is 0 Å². The number of sulfone groups is 1. The fraction of sp³-hybridized carbons (Fsp3) is 0.133. The predicted octanol–water partition coefficient (Wildman–Crippen LogP) is 2.42. The van der Waals surface area contributed by atoms with Crippen LogP contribution in [-0.4, -0.2) is 8.42 Å². The van der Waals surface area contributed by atoms with Crippen LogP contribution >= 0.6 is 0 Å². The summed E-state index contributed by atoms with van der Waals surface area (Å²) in [5.41, 5.74) is 7.97. The van der Waals surface area contributed by atoms with Crippen LogP contribution in [0.2, 0.25) is 0 Å². The number of anilines is 1. The van der Waals surface area contributed by atoms with Gasteiger partial charge in [-0.3, -0.25) is 0 Å². The van der Waals surface area contributed by atoms with Crippen LogP contribution in [0.5, 0.6) is 0 Å². The number of aryl methyl sites for hydroxylation is 1. The molecule has 2 aromatic carbocycles. The first-order valence-electron chi connectivity index (χ1n) is 6.00. The fourth-order valence-electron chi connectivity index (χ4n) is 1.99. The molecule has 0 amide bonds. The van der Waals surface area contributed by atoms with Gasteiger partial charge in [0.05, 0.1) is 22.3 Å². The molecule has 0 aliphatic carbocycles. The first-order chi connectivity index (χ1) is 9.42. The smallest absolute Gasteiger partial charge is 0.182 e. The third-order valence-electron chi connectivity index (χ3n) is 2.97. The highest BCUT2D eigenvalue weighted by atomic mass is 32.2. The van der Waals surface area contributed by atoms with Crippen LogP contribution in [0.4, 0.5) is 5.69 Å². The summed E-state index contributed by atoms with van der Waals surface area (Å²) in [5, 5.41) is 8.72. The average molecular weight is 286 g/mol. The van der Waals surface area contributed by atoms with Gasteiger partial charge in [0.25, 0.3) is 0 Å². The van der Waals surface area contributed by atoms with Gasteiger partial charge in [-0.15, -0.1) is 0 Å². The number of benzene rings is 2. The monoisotopic (exact) mass is 286 g/mol. The van der Waals surface area contributed by atoms with E-state index in [2.05, 4.69) is 0 Å². The summed E-state index contributed by atoms with van der Waals surface area (Å²) in [7, 11) is -3.42. The number of nitriles is 1. The Balaban J connectivity index is 2.33. The first-order valence-corrected chi connectivity index (χ1v) is 7.65. The maximum atomic E-state index is 12.4. The third-order valence-corrected chi connectivity index (χ3v) is 4.82. The summed E-state index contributed by atoms with van der Waals surface area (Å²) in [6.07, 6.45) is 0. The van der Waals surface area contributed by atoms with Crippen LogP contribution in [0.3, 0.4) is 0 Å². The average Bonchev–Trinajstić information content (AvgIpc) is 2.38. The van der Waals surface area contributed by atoms with Gasteiger partial charge < -0.3 is 5.73 Å². The van der Waals surface area contributed by atoms with E-state index in [1.54, 1.807) is 43.3 Å². The van der Waals surface area contributed by atoms with Crippen molar-refractivity contribution >= 4 is 15.5 Å². The Morgan fingerprint density at radius 1 is 1.15 bits per heavy atom. The molecule has 0 unspecified atom stereocenters. The van der Waals surface area contributed by atoms with Crippen molar-refractivity contribution in [2.45, 2.75) is 17.6 Å². The van der Waals surface area contributed by atoms with Crippen molar-refractivity contribution < 1.29 is 8.42 Å². The molecule has 2 N–H and O–H groups in total. The van der Waals surface area contributed by atoms with Crippen LogP contribution in [0.1, 0.15) is 16.7 Å². The normalized spacial score (nSPS) is 11.0. The molecule has 5 heteroatoms. The van der Waals surface area contributed by atoms with Crippen molar-refractivity contribution in [2.24, 2.45) is 0 Å². The molecular weight excluding hydrogens is 272 g/mol. The highest BCUT2D eigenvalue weighted by molar-refractivity contribution is 7.90. The summed E-state index contributed by atoms with van der Waals surface area (Å²) in [6, 6.07) is 13.3. The molecular formula is C15H14N2O2S. The van der Waals surface area contributed by atoms with Gasteiger partial charge in [0, 0.05) is 5.69 Å². The molecule has 0 atom stereocenters. The van der Waals surface area contributed by atoms with Crippen molar-refractivity contribution in [1.29, 1.82) is 5.26 Å². The van der Waals surface area contributed by atoms with Crippen molar-refractivity contribution in [3.63, 3.8) is 0 Å². The van der Waals surface area contributed by atoms with Crippen molar-refractivity contribution in [2.75, 3.05) is 5.73 Å². The topological polar surface area (TPSA) is 84.0 Å². The number of nitrogens with two attached hydrogens (primary N) is 1. The molecule has 0 spiro atoms.